The molecule has 0 spiro atoms. The van der Waals surface area contributed by atoms with Gasteiger partial charge in [0, 0.05) is 10.6 Å². The van der Waals surface area contributed by atoms with Crippen molar-refractivity contribution in [2.75, 3.05) is 11.5 Å². The first-order chi connectivity index (χ1) is 6.09. The molecule has 0 heterocycles. The van der Waals surface area contributed by atoms with Crippen LogP contribution in [-0.4, -0.2) is 11.7 Å². The van der Waals surface area contributed by atoms with Crippen molar-refractivity contribution >= 4 is 23.4 Å². The van der Waals surface area contributed by atoms with Gasteiger partial charge in [0.2, 0.25) is 5.91 Å². The fourth-order valence-electron chi connectivity index (χ4n) is 0.783. The third-order valence-corrected chi connectivity index (χ3v) is 2.40. The molecule has 0 bridgehead atoms. The molecule has 0 aliphatic heterocycles. The molecule has 1 aromatic rings. The number of rotatable bonds is 3. The second kappa shape index (κ2) is 4.13. The fraction of sp³-hybridized carbons (Fsp3) is 0.125. The second-order valence-corrected chi connectivity index (χ2v) is 3.46. The van der Waals surface area contributed by atoms with E-state index in [1.165, 1.54) is 12.1 Å². The van der Waals surface area contributed by atoms with Crippen molar-refractivity contribution in [1.82, 2.24) is 0 Å². The quantitative estimate of drug-likeness (QED) is 0.564. The van der Waals surface area contributed by atoms with Crippen molar-refractivity contribution in [3.05, 3.63) is 24.0 Å². The Morgan fingerprint density at radius 2 is 2.23 bits per heavy atom. The lowest BCUT2D eigenvalue weighted by Crippen LogP contribution is -2.13. The van der Waals surface area contributed by atoms with Gasteiger partial charge in [-0.25, -0.2) is 4.39 Å². The van der Waals surface area contributed by atoms with E-state index >= 15 is 0 Å². The summed E-state index contributed by atoms with van der Waals surface area (Å²) in [6.07, 6.45) is 0. The highest BCUT2D eigenvalue weighted by Gasteiger charge is 2.04. The summed E-state index contributed by atoms with van der Waals surface area (Å²) in [6, 6.07) is 4.31. The lowest BCUT2D eigenvalue weighted by atomic mass is 10.3. The number of carbonyl (C=O) groups is 1. The number of thioether (sulfide) groups is 1. The van der Waals surface area contributed by atoms with Gasteiger partial charge in [0.05, 0.1) is 5.75 Å². The molecule has 1 aromatic carbocycles. The second-order valence-electron chi connectivity index (χ2n) is 2.44. The third kappa shape index (κ3) is 2.95. The average molecular weight is 200 g/mol. The Kier molecular flexibility index (Phi) is 3.13. The van der Waals surface area contributed by atoms with Crippen LogP contribution >= 0.6 is 11.8 Å². The zero-order valence-electron chi connectivity index (χ0n) is 6.79. The molecule has 70 valence electrons. The first kappa shape index (κ1) is 9.85. The van der Waals surface area contributed by atoms with E-state index in [0.29, 0.717) is 10.6 Å². The summed E-state index contributed by atoms with van der Waals surface area (Å²) in [5.74, 6) is -0.826. The standard InChI is InChI=1S/C8H9FN2OS/c9-6-3-5(10)1-2-7(6)13-4-8(11)12/h1-3H,4,10H2,(H2,11,12). The average Bonchev–Trinajstić information content (AvgIpc) is 2.02. The largest absolute Gasteiger partial charge is 0.399 e. The third-order valence-electron chi connectivity index (χ3n) is 1.33. The molecule has 0 atom stereocenters. The Balaban J connectivity index is 2.72. The minimum atomic E-state index is -0.471. The van der Waals surface area contributed by atoms with Gasteiger partial charge in [-0.05, 0) is 18.2 Å². The summed E-state index contributed by atoms with van der Waals surface area (Å²) < 4.78 is 13.0. The number of amides is 1. The lowest BCUT2D eigenvalue weighted by Gasteiger charge is -2.01. The van der Waals surface area contributed by atoms with Crippen LogP contribution in [-0.2, 0) is 4.79 Å². The molecule has 0 unspecified atom stereocenters. The number of hydrogen-bond acceptors (Lipinski definition) is 3. The number of halogens is 1. The molecule has 1 rings (SSSR count). The Morgan fingerprint density at radius 1 is 1.54 bits per heavy atom. The number of carbonyl (C=O) groups excluding carboxylic acids is 1. The van der Waals surface area contributed by atoms with Crippen LogP contribution in [0.25, 0.3) is 0 Å². The Hall–Kier alpha value is -1.23. The van der Waals surface area contributed by atoms with E-state index in [2.05, 4.69) is 0 Å². The maximum Gasteiger partial charge on any atom is 0.227 e. The monoisotopic (exact) mass is 200 g/mol. The molecule has 3 nitrogen and oxygen atoms in total. The van der Waals surface area contributed by atoms with Crippen molar-refractivity contribution in [3.63, 3.8) is 0 Å². The van der Waals surface area contributed by atoms with Crippen LogP contribution in [0.3, 0.4) is 0 Å². The molecule has 0 saturated heterocycles. The number of primary amides is 1. The van der Waals surface area contributed by atoms with Crippen LogP contribution in [0.2, 0.25) is 0 Å². The minimum Gasteiger partial charge on any atom is -0.399 e. The predicted molar refractivity (Wildman–Crippen MR) is 50.7 cm³/mol. The Labute approximate surface area is 79.3 Å². The van der Waals surface area contributed by atoms with Crippen molar-refractivity contribution in [2.24, 2.45) is 5.73 Å². The SMILES string of the molecule is NC(=O)CSc1ccc(N)cc1F. The summed E-state index contributed by atoms with van der Waals surface area (Å²) in [5.41, 5.74) is 10.6. The molecular formula is C8H9FN2OS. The molecule has 0 aromatic heterocycles. The molecule has 0 aliphatic rings. The van der Waals surface area contributed by atoms with Gasteiger partial charge in [-0.3, -0.25) is 4.79 Å². The first-order valence-electron chi connectivity index (χ1n) is 3.55. The summed E-state index contributed by atoms with van der Waals surface area (Å²) in [5, 5.41) is 0. The predicted octanol–water partition coefficient (Wildman–Crippen LogP) is 0.985. The maximum atomic E-state index is 13.0. The van der Waals surface area contributed by atoms with Gasteiger partial charge < -0.3 is 11.5 Å². The first-order valence-corrected chi connectivity index (χ1v) is 4.54. The normalized spacial score (nSPS) is 9.92. The summed E-state index contributed by atoms with van der Waals surface area (Å²) in [6.45, 7) is 0. The molecular weight excluding hydrogens is 191 g/mol. The van der Waals surface area contributed by atoms with Crippen LogP contribution in [0.1, 0.15) is 0 Å². The highest BCUT2D eigenvalue weighted by molar-refractivity contribution is 8.00. The molecule has 0 radical (unpaired) electrons. The van der Waals surface area contributed by atoms with Crippen LogP contribution < -0.4 is 11.5 Å². The summed E-state index contributed by atoms with van der Waals surface area (Å²) in [4.78, 5) is 10.8. The van der Waals surface area contributed by atoms with Gasteiger partial charge in [0.15, 0.2) is 0 Å². The molecule has 13 heavy (non-hydrogen) atoms. The van der Waals surface area contributed by atoms with Gasteiger partial charge in [0.25, 0.3) is 0 Å². The summed E-state index contributed by atoms with van der Waals surface area (Å²) in [7, 11) is 0. The van der Waals surface area contributed by atoms with Gasteiger partial charge in [-0.2, -0.15) is 0 Å². The van der Waals surface area contributed by atoms with E-state index in [4.69, 9.17) is 11.5 Å². The van der Waals surface area contributed by atoms with E-state index < -0.39 is 11.7 Å². The zero-order chi connectivity index (χ0) is 9.84. The van der Waals surface area contributed by atoms with E-state index in [1.54, 1.807) is 6.07 Å². The lowest BCUT2D eigenvalue weighted by molar-refractivity contribution is -0.115. The van der Waals surface area contributed by atoms with Gasteiger partial charge >= 0.3 is 0 Å². The van der Waals surface area contributed by atoms with Crippen molar-refractivity contribution in [1.29, 1.82) is 0 Å². The highest BCUT2D eigenvalue weighted by Crippen LogP contribution is 2.22. The molecule has 0 fully saturated rings. The van der Waals surface area contributed by atoms with Crippen LogP contribution in [0.4, 0.5) is 10.1 Å². The van der Waals surface area contributed by atoms with Crippen molar-refractivity contribution in [3.8, 4) is 0 Å². The molecule has 0 saturated carbocycles. The van der Waals surface area contributed by atoms with E-state index in [0.717, 1.165) is 11.8 Å². The number of benzene rings is 1. The van der Waals surface area contributed by atoms with Crippen molar-refractivity contribution in [2.45, 2.75) is 4.90 Å². The van der Waals surface area contributed by atoms with Crippen LogP contribution in [0.15, 0.2) is 23.1 Å². The number of anilines is 1. The zero-order valence-corrected chi connectivity index (χ0v) is 7.60. The van der Waals surface area contributed by atoms with Crippen LogP contribution in [0.5, 0.6) is 0 Å². The number of nitrogens with two attached hydrogens (primary N) is 2. The molecule has 4 N–H and O–H groups in total. The summed E-state index contributed by atoms with van der Waals surface area (Å²) >= 11 is 1.06. The highest BCUT2D eigenvalue weighted by atomic mass is 32.2. The van der Waals surface area contributed by atoms with E-state index in [1.807, 2.05) is 0 Å². The van der Waals surface area contributed by atoms with E-state index in [-0.39, 0.29) is 5.75 Å². The maximum absolute atomic E-state index is 13.0. The van der Waals surface area contributed by atoms with Gasteiger partial charge in [-0.1, -0.05) is 0 Å². The molecule has 0 aliphatic carbocycles. The fourth-order valence-corrected chi connectivity index (χ4v) is 1.44. The van der Waals surface area contributed by atoms with E-state index in [9.17, 15) is 9.18 Å². The smallest absolute Gasteiger partial charge is 0.227 e. The topological polar surface area (TPSA) is 69.1 Å². The molecule has 1 amide bonds. The Bertz CT molecular complexity index is 330. The van der Waals surface area contributed by atoms with Gasteiger partial charge in [-0.15, -0.1) is 11.8 Å². The van der Waals surface area contributed by atoms with Crippen LogP contribution in [0, 0.1) is 5.82 Å². The Morgan fingerprint density at radius 3 is 2.77 bits per heavy atom. The number of nitrogen functional groups attached to an aromatic ring is 1. The number of hydrogen-bond donors (Lipinski definition) is 2. The van der Waals surface area contributed by atoms with Crippen molar-refractivity contribution < 1.29 is 9.18 Å². The van der Waals surface area contributed by atoms with Gasteiger partial charge in [0.1, 0.15) is 5.82 Å². The molecule has 5 heteroatoms. The minimum absolute atomic E-state index is 0.0703.